The summed E-state index contributed by atoms with van der Waals surface area (Å²) < 4.78 is 0. The smallest absolute Gasteiger partial charge is 0.178 e. The number of nitrogens with zero attached hydrogens (tertiary/aromatic N) is 3. The van der Waals surface area contributed by atoms with Crippen LogP contribution in [-0.2, 0) is 6.54 Å². The van der Waals surface area contributed by atoms with Crippen LogP contribution in [0.15, 0.2) is 24.4 Å². The molecule has 0 saturated carbocycles. The highest BCUT2D eigenvalue weighted by Crippen LogP contribution is 2.15. The molecule has 0 aliphatic carbocycles. The van der Waals surface area contributed by atoms with Gasteiger partial charge in [0.1, 0.15) is 5.69 Å². The van der Waals surface area contributed by atoms with E-state index in [-0.39, 0.29) is 0 Å². The molecule has 0 radical (unpaired) electrons. The van der Waals surface area contributed by atoms with Gasteiger partial charge in [0.15, 0.2) is 5.82 Å². The van der Waals surface area contributed by atoms with Crippen LogP contribution in [0.2, 0.25) is 5.02 Å². The third kappa shape index (κ3) is 2.35. The van der Waals surface area contributed by atoms with Gasteiger partial charge in [-0.1, -0.05) is 11.6 Å². The molecule has 5 heteroatoms. The van der Waals surface area contributed by atoms with Crippen molar-refractivity contribution < 1.29 is 0 Å². The minimum Gasteiger partial charge on any atom is -0.325 e. The van der Waals surface area contributed by atoms with E-state index < -0.39 is 0 Å². The molecule has 2 N–H and O–H groups in total. The van der Waals surface area contributed by atoms with Gasteiger partial charge in [-0.25, -0.2) is 9.97 Å². The maximum Gasteiger partial charge on any atom is 0.178 e. The van der Waals surface area contributed by atoms with Crippen molar-refractivity contribution >= 4 is 11.6 Å². The first kappa shape index (κ1) is 11.0. The van der Waals surface area contributed by atoms with Gasteiger partial charge in [0.2, 0.25) is 0 Å². The highest BCUT2D eigenvalue weighted by Gasteiger charge is 2.05. The molecule has 0 spiro atoms. The number of hydrogen-bond donors (Lipinski definition) is 1. The molecule has 4 nitrogen and oxygen atoms in total. The van der Waals surface area contributed by atoms with Gasteiger partial charge in [0, 0.05) is 18.4 Å². The molecule has 0 fully saturated rings. The first-order chi connectivity index (χ1) is 7.69. The molecule has 0 unspecified atom stereocenters. The summed E-state index contributed by atoms with van der Waals surface area (Å²) in [6, 6.07) is 5.41. The fraction of sp³-hybridized carbons (Fsp3) is 0.182. The summed E-state index contributed by atoms with van der Waals surface area (Å²) in [6.45, 7) is 2.30. The lowest BCUT2D eigenvalue weighted by atomic mass is 10.3. The summed E-state index contributed by atoms with van der Waals surface area (Å²) in [5, 5.41) is 0.593. The van der Waals surface area contributed by atoms with Gasteiger partial charge < -0.3 is 5.73 Å². The van der Waals surface area contributed by atoms with Crippen molar-refractivity contribution in [1.29, 1.82) is 0 Å². The average molecular weight is 235 g/mol. The molecule has 2 aromatic rings. The van der Waals surface area contributed by atoms with Crippen LogP contribution < -0.4 is 5.73 Å². The van der Waals surface area contributed by atoms with Crippen LogP contribution >= 0.6 is 11.6 Å². The Morgan fingerprint density at radius 3 is 2.75 bits per heavy atom. The van der Waals surface area contributed by atoms with Gasteiger partial charge in [-0.2, -0.15) is 0 Å². The molecule has 0 aliphatic rings. The first-order valence-electron chi connectivity index (χ1n) is 4.85. The van der Waals surface area contributed by atoms with Gasteiger partial charge in [0.25, 0.3) is 0 Å². The second kappa shape index (κ2) is 4.55. The quantitative estimate of drug-likeness (QED) is 0.863. The Balaban J connectivity index is 2.47. The molecule has 0 aliphatic heterocycles. The summed E-state index contributed by atoms with van der Waals surface area (Å²) in [4.78, 5) is 12.8. The molecule has 0 saturated heterocycles. The van der Waals surface area contributed by atoms with E-state index >= 15 is 0 Å². The third-order valence-electron chi connectivity index (χ3n) is 2.07. The minimum atomic E-state index is 0.393. The molecule has 0 aromatic carbocycles. The van der Waals surface area contributed by atoms with E-state index in [2.05, 4.69) is 15.0 Å². The summed E-state index contributed by atoms with van der Waals surface area (Å²) in [5.41, 5.74) is 7.94. The maximum atomic E-state index is 5.77. The monoisotopic (exact) mass is 234 g/mol. The molecule has 2 heterocycles. The second-order valence-corrected chi connectivity index (χ2v) is 3.83. The highest BCUT2D eigenvalue weighted by atomic mass is 35.5. The number of nitrogens with two attached hydrogens (primary N) is 1. The Kier molecular flexibility index (Phi) is 3.12. The highest BCUT2D eigenvalue weighted by molar-refractivity contribution is 6.30. The number of hydrogen-bond acceptors (Lipinski definition) is 4. The van der Waals surface area contributed by atoms with Gasteiger partial charge in [0.05, 0.1) is 10.7 Å². The lowest BCUT2D eigenvalue weighted by molar-refractivity contribution is 0.948. The molecule has 16 heavy (non-hydrogen) atoms. The topological polar surface area (TPSA) is 64.7 Å². The molecule has 82 valence electrons. The lowest BCUT2D eigenvalue weighted by Crippen LogP contribution is -2.03. The molecule has 2 rings (SSSR count). The minimum absolute atomic E-state index is 0.393. The summed E-state index contributed by atoms with van der Waals surface area (Å²) in [7, 11) is 0. The van der Waals surface area contributed by atoms with Gasteiger partial charge in [-0.05, 0) is 25.1 Å². The number of halogens is 1. The van der Waals surface area contributed by atoms with Crippen LogP contribution in [0.4, 0.5) is 0 Å². The Hall–Kier alpha value is -1.52. The van der Waals surface area contributed by atoms with Crippen molar-refractivity contribution in [2.24, 2.45) is 5.73 Å². The van der Waals surface area contributed by atoms with E-state index in [1.165, 1.54) is 0 Å². The molecular formula is C11H11ClN4. The maximum absolute atomic E-state index is 5.77. The fourth-order valence-corrected chi connectivity index (χ4v) is 1.47. The van der Waals surface area contributed by atoms with E-state index in [4.69, 9.17) is 17.3 Å². The van der Waals surface area contributed by atoms with Crippen molar-refractivity contribution in [3.8, 4) is 11.5 Å². The lowest BCUT2D eigenvalue weighted by Gasteiger charge is -2.03. The Bertz CT molecular complexity index is 496. The van der Waals surface area contributed by atoms with Crippen molar-refractivity contribution in [1.82, 2.24) is 15.0 Å². The summed E-state index contributed by atoms with van der Waals surface area (Å²) in [6.07, 6.45) is 1.57. The predicted octanol–water partition coefficient (Wildman–Crippen LogP) is 1.96. The summed E-state index contributed by atoms with van der Waals surface area (Å²) in [5.74, 6) is 0.581. The van der Waals surface area contributed by atoms with Crippen LogP contribution in [0.3, 0.4) is 0 Å². The molecule has 0 amide bonds. The molecule has 2 aromatic heterocycles. The third-order valence-corrected chi connectivity index (χ3v) is 2.30. The molecule has 0 bridgehead atoms. The number of aryl methyl sites for hydroxylation is 1. The fourth-order valence-electron chi connectivity index (χ4n) is 1.36. The number of rotatable bonds is 2. The number of pyridine rings is 1. The summed E-state index contributed by atoms with van der Waals surface area (Å²) >= 11 is 5.77. The SMILES string of the molecule is Cc1cc(CN)nc(-c2ccc(Cl)cn2)n1. The van der Waals surface area contributed by atoms with E-state index in [1.807, 2.05) is 13.0 Å². The van der Waals surface area contributed by atoms with Crippen molar-refractivity contribution in [2.75, 3.05) is 0 Å². The van der Waals surface area contributed by atoms with Crippen LogP contribution in [0, 0.1) is 6.92 Å². The zero-order chi connectivity index (χ0) is 11.5. The van der Waals surface area contributed by atoms with E-state index in [9.17, 15) is 0 Å². The van der Waals surface area contributed by atoms with Crippen LogP contribution in [0.1, 0.15) is 11.4 Å². The Labute approximate surface area is 98.5 Å². The number of aromatic nitrogens is 3. The first-order valence-corrected chi connectivity index (χ1v) is 5.23. The Morgan fingerprint density at radius 1 is 1.31 bits per heavy atom. The van der Waals surface area contributed by atoms with E-state index in [1.54, 1.807) is 18.3 Å². The largest absolute Gasteiger partial charge is 0.325 e. The van der Waals surface area contributed by atoms with Crippen LogP contribution in [0.5, 0.6) is 0 Å². The second-order valence-electron chi connectivity index (χ2n) is 3.39. The molecule has 0 atom stereocenters. The van der Waals surface area contributed by atoms with Gasteiger partial charge in [-0.15, -0.1) is 0 Å². The van der Waals surface area contributed by atoms with Gasteiger partial charge >= 0.3 is 0 Å². The van der Waals surface area contributed by atoms with Crippen molar-refractivity contribution in [3.05, 3.63) is 40.8 Å². The zero-order valence-corrected chi connectivity index (χ0v) is 9.57. The van der Waals surface area contributed by atoms with Crippen LogP contribution in [-0.4, -0.2) is 15.0 Å². The van der Waals surface area contributed by atoms with E-state index in [0.717, 1.165) is 11.4 Å². The predicted molar refractivity (Wildman–Crippen MR) is 62.9 cm³/mol. The van der Waals surface area contributed by atoms with Crippen molar-refractivity contribution in [2.45, 2.75) is 13.5 Å². The van der Waals surface area contributed by atoms with Crippen LogP contribution in [0.25, 0.3) is 11.5 Å². The average Bonchev–Trinajstić information content (AvgIpc) is 2.29. The zero-order valence-electron chi connectivity index (χ0n) is 8.81. The Morgan fingerprint density at radius 2 is 2.12 bits per heavy atom. The molecular weight excluding hydrogens is 224 g/mol. The van der Waals surface area contributed by atoms with Gasteiger partial charge in [-0.3, -0.25) is 4.98 Å². The van der Waals surface area contributed by atoms with Crippen molar-refractivity contribution in [3.63, 3.8) is 0 Å². The standard InChI is InChI=1S/C11H11ClN4/c1-7-4-9(5-13)16-11(15-7)10-3-2-8(12)6-14-10/h2-4,6H,5,13H2,1H3. The van der Waals surface area contributed by atoms with E-state index in [0.29, 0.717) is 23.1 Å². The normalized spacial score (nSPS) is 10.4.